The number of rotatable bonds is 6. The summed E-state index contributed by atoms with van der Waals surface area (Å²) >= 11 is 2.51. The van der Waals surface area contributed by atoms with Crippen LogP contribution in [0, 0.1) is 13.8 Å². The number of carbonyl (C=O) groups excluding carboxylic acids is 1. The Bertz CT molecular complexity index is 1180. The van der Waals surface area contributed by atoms with Crippen molar-refractivity contribution in [2.24, 2.45) is 31.1 Å². The van der Waals surface area contributed by atoms with Crippen molar-refractivity contribution in [2.45, 2.75) is 13.8 Å². The van der Waals surface area contributed by atoms with Crippen LogP contribution in [0.2, 0.25) is 0 Å². The number of nitrogens with two attached hydrogens (primary N) is 1. The fourth-order valence-electron chi connectivity index (χ4n) is 2.63. The number of aryl methyl sites for hydroxylation is 2. The normalized spacial score (nSPS) is 12.6. The van der Waals surface area contributed by atoms with E-state index in [1.165, 1.54) is 42.2 Å². The van der Waals surface area contributed by atoms with E-state index in [1.54, 1.807) is 36.8 Å². The summed E-state index contributed by atoms with van der Waals surface area (Å²) in [6.07, 6.45) is 8.38. The van der Waals surface area contributed by atoms with Gasteiger partial charge >= 0.3 is 0 Å². The van der Waals surface area contributed by atoms with Crippen molar-refractivity contribution in [3.8, 4) is 11.5 Å². The Morgan fingerprint density at radius 3 is 1.79 bits per heavy atom. The number of phenols is 2. The molecule has 1 radical (unpaired) electrons. The van der Waals surface area contributed by atoms with E-state index in [2.05, 4.69) is 25.4 Å². The average molecular weight is 548 g/mol. The van der Waals surface area contributed by atoms with Crippen molar-refractivity contribution in [1.82, 2.24) is 0 Å². The van der Waals surface area contributed by atoms with Gasteiger partial charge in [0.15, 0.2) is 11.5 Å². The third kappa shape index (κ3) is 8.45. The Balaban J connectivity index is 0.00000578. The van der Waals surface area contributed by atoms with Crippen LogP contribution in [0.3, 0.4) is 0 Å². The molecule has 0 saturated heterocycles. The number of carbonyl (C=O) groups is 1. The van der Waals surface area contributed by atoms with Crippen LogP contribution >= 0.6 is 23.5 Å². The molecule has 2 aromatic carbocycles. The smallest absolute Gasteiger partial charge is 0.208 e. The number of aromatic hydroxyl groups is 2. The van der Waals surface area contributed by atoms with E-state index in [9.17, 15) is 15.0 Å². The molecule has 0 saturated carbocycles. The molecule has 2 aromatic rings. The second kappa shape index (κ2) is 14.4. The van der Waals surface area contributed by atoms with Crippen LogP contribution in [0.1, 0.15) is 38.2 Å². The van der Waals surface area contributed by atoms with Crippen molar-refractivity contribution in [3.05, 3.63) is 57.6 Å². The van der Waals surface area contributed by atoms with E-state index in [0.717, 1.165) is 11.1 Å². The molecule has 9 nitrogen and oxygen atoms in total. The van der Waals surface area contributed by atoms with E-state index in [4.69, 9.17) is 5.73 Å². The van der Waals surface area contributed by atoms with Crippen LogP contribution in [-0.2, 0) is 17.1 Å². The van der Waals surface area contributed by atoms with Gasteiger partial charge in [0, 0.05) is 40.0 Å². The molecule has 0 heterocycles. The molecule has 0 aliphatic rings. The van der Waals surface area contributed by atoms with Crippen LogP contribution in [0.25, 0.3) is 0 Å². The first-order valence-electron chi connectivity index (χ1n) is 9.51. The maximum absolute atomic E-state index is 11.1. The number of nitrogens with zero attached hydrogens (tertiary/aromatic N) is 5. The molecule has 0 aliphatic heterocycles. The minimum Gasteiger partial charge on any atom is -0.507 e. The third-order valence-electron chi connectivity index (χ3n) is 4.15. The fraction of sp³-hybridized carbons (Fsp3) is 0.182. The van der Waals surface area contributed by atoms with E-state index in [1.807, 2.05) is 13.8 Å². The van der Waals surface area contributed by atoms with Crippen LogP contribution in [0.4, 0.5) is 0 Å². The zero-order valence-corrected chi connectivity index (χ0v) is 21.4. The molecule has 0 amide bonds. The predicted molar refractivity (Wildman–Crippen MR) is 140 cm³/mol. The first-order chi connectivity index (χ1) is 15.8. The zero-order chi connectivity index (χ0) is 24.4. The summed E-state index contributed by atoms with van der Waals surface area (Å²) in [5.41, 5.74) is 8.77. The summed E-state index contributed by atoms with van der Waals surface area (Å²) < 4.78 is 0. The number of hydrogen-bond donors (Lipinski definition) is 3. The first kappa shape index (κ1) is 29.1. The van der Waals surface area contributed by atoms with Crippen LogP contribution in [0.5, 0.6) is 11.5 Å². The standard InChI is InChI=1S/C22H24N6O3S2.Cu/c1-13-6-16(10-25-27-21(23)32-3)19(30)17(7-13)11-26-28-22(33-4)24-9-15-5-14(2)8-18(12-29)20(15)31;/h5-12,30-31H,1-4H3,(H2,23,27);/b24-9+,25-10?,26-11+,28-22+;. The van der Waals surface area contributed by atoms with Crippen molar-refractivity contribution in [1.29, 1.82) is 0 Å². The van der Waals surface area contributed by atoms with Gasteiger partial charge in [-0.1, -0.05) is 23.5 Å². The third-order valence-corrected chi connectivity index (χ3v) is 5.20. The summed E-state index contributed by atoms with van der Waals surface area (Å²) in [6.45, 7) is 3.69. The number of hydrogen-bond acceptors (Lipinski definition) is 9. The molecule has 2 rings (SSSR count). The molecular formula is C22H24CuN6O3S2. The fourth-order valence-corrected chi connectivity index (χ4v) is 3.05. The number of benzene rings is 2. The van der Waals surface area contributed by atoms with Gasteiger partial charge in [0.05, 0.1) is 18.0 Å². The first-order valence-corrected chi connectivity index (χ1v) is 12.0. The van der Waals surface area contributed by atoms with Crippen LogP contribution in [0.15, 0.2) is 49.7 Å². The Morgan fingerprint density at radius 1 is 0.824 bits per heavy atom. The topological polar surface area (TPSA) is 145 Å². The molecule has 0 unspecified atom stereocenters. The summed E-state index contributed by atoms with van der Waals surface area (Å²) in [5.74, 6) is -0.174. The quantitative estimate of drug-likeness (QED) is 0.165. The number of phenolic OH excluding ortho intramolecular Hbond substituents is 2. The van der Waals surface area contributed by atoms with Gasteiger partial charge in [0.1, 0.15) is 11.5 Å². The molecule has 183 valence electrons. The maximum atomic E-state index is 11.1. The zero-order valence-electron chi connectivity index (χ0n) is 18.9. The minimum atomic E-state index is -0.147. The predicted octanol–water partition coefficient (Wildman–Crippen LogP) is 3.71. The molecule has 0 aliphatic carbocycles. The van der Waals surface area contributed by atoms with Gasteiger partial charge < -0.3 is 15.9 Å². The Hall–Kier alpha value is -2.92. The van der Waals surface area contributed by atoms with Crippen molar-refractivity contribution in [2.75, 3.05) is 12.5 Å². The molecule has 12 heteroatoms. The summed E-state index contributed by atoms with van der Waals surface area (Å²) in [4.78, 5) is 15.3. The summed E-state index contributed by atoms with van der Waals surface area (Å²) in [6, 6.07) is 6.80. The van der Waals surface area contributed by atoms with Crippen LogP contribution < -0.4 is 5.73 Å². The molecule has 0 aromatic heterocycles. The Morgan fingerprint density at radius 2 is 1.29 bits per heavy atom. The van der Waals surface area contributed by atoms with E-state index < -0.39 is 0 Å². The van der Waals surface area contributed by atoms with Crippen LogP contribution in [-0.4, -0.2) is 58.0 Å². The summed E-state index contributed by atoms with van der Waals surface area (Å²) in [7, 11) is 0. The summed E-state index contributed by atoms with van der Waals surface area (Å²) in [5, 5.41) is 37.0. The van der Waals surface area contributed by atoms with Gasteiger partial charge in [-0.3, -0.25) is 4.79 Å². The van der Waals surface area contributed by atoms with Crippen molar-refractivity contribution < 1.29 is 32.1 Å². The molecule has 0 bridgehead atoms. The Labute approximate surface area is 216 Å². The van der Waals surface area contributed by atoms with E-state index in [-0.39, 0.29) is 34.1 Å². The van der Waals surface area contributed by atoms with E-state index in [0.29, 0.717) is 33.3 Å². The van der Waals surface area contributed by atoms with Gasteiger partial charge in [-0.25, -0.2) is 4.99 Å². The van der Waals surface area contributed by atoms with Gasteiger partial charge in [0.25, 0.3) is 0 Å². The second-order valence-corrected chi connectivity index (χ2v) is 8.28. The largest absolute Gasteiger partial charge is 0.507 e. The Kier molecular flexibility index (Phi) is 12.3. The van der Waals surface area contributed by atoms with Gasteiger partial charge in [-0.05, 0) is 61.8 Å². The van der Waals surface area contributed by atoms with Gasteiger partial charge in [0.2, 0.25) is 5.17 Å². The molecule has 0 fully saturated rings. The van der Waals surface area contributed by atoms with Gasteiger partial charge in [-0.15, -0.1) is 10.2 Å². The number of aliphatic imine (C=N–C) groups is 1. The average Bonchev–Trinajstić information content (AvgIpc) is 2.80. The maximum Gasteiger partial charge on any atom is 0.208 e. The van der Waals surface area contributed by atoms with Crippen molar-refractivity contribution >= 4 is 58.8 Å². The molecule has 4 N–H and O–H groups in total. The number of amidine groups is 2. The second-order valence-electron chi connectivity index (χ2n) is 6.68. The molecular weight excluding hydrogens is 524 g/mol. The number of aldehydes is 1. The van der Waals surface area contributed by atoms with Gasteiger partial charge in [-0.2, -0.15) is 10.2 Å². The SMILES string of the molecule is CSC(N)=NN=Cc1cc(C)cc(/C=N/N=C(\N=C\c2cc(C)cc(C=O)c2O)SC)c1O.[Cu]. The van der Waals surface area contributed by atoms with Crippen molar-refractivity contribution in [3.63, 3.8) is 0 Å². The monoisotopic (exact) mass is 547 g/mol. The number of thioether (sulfide) groups is 2. The van der Waals surface area contributed by atoms with E-state index >= 15 is 0 Å². The molecule has 34 heavy (non-hydrogen) atoms. The molecule has 0 spiro atoms. The minimum absolute atomic E-state index is 0. The molecule has 0 atom stereocenters.